The largest absolute Gasteiger partial charge is 0.444 e. The summed E-state index contributed by atoms with van der Waals surface area (Å²) in [7, 11) is 0. The Morgan fingerprint density at radius 2 is 1.78 bits per heavy atom. The van der Waals surface area contributed by atoms with Crippen molar-refractivity contribution >= 4 is 41.1 Å². The molecule has 0 fully saturated rings. The van der Waals surface area contributed by atoms with E-state index in [0.717, 1.165) is 18.4 Å². The van der Waals surface area contributed by atoms with Crippen molar-refractivity contribution in [2.24, 2.45) is 5.73 Å². The van der Waals surface area contributed by atoms with Gasteiger partial charge in [0.1, 0.15) is 17.7 Å². The van der Waals surface area contributed by atoms with E-state index in [1.165, 1.54) is 4.90 Å². The number of hydrogen-bond acceptors (Lipinski definition) is 5. The predicted octanol–water partition coefficient (Wildman–Crippen LogP) is 5.10. The zero-order chi connectivity index (χ0) is 30.7. The van der Waals surface area contributed by atoms with Crippen LogP contribution in [0, 0.1) is 19.3 Å². The summed E-state index contributed by atoms with van der Waals surface area (Å²) >= 11 is 6.40. The van der Waals surface area contributed by atoms with Gasteiger partial charge in [-0.05, 0) is 57.4 Å². The number of anilines is 1. The monoisotopic (exact) mass is 582 g/mol. The summed E-state index contributed by atoms with van der Waals surface area (Å²) in [6, 6.07) is 9.37. The third-order valence-electron chi connectivity index (χ3n) is 6.12. The van der Waals surface area contributed by atoms with E-state index in [0.29, 0.717) is 28.3 Å². The Balaban J connectivity index is 2.65. The maximum atomic E-state index is 14.2. The number of carbonyl (C=O) groups is 4. The molecule has 2 atom stereocenters. The highest BCUT2D eigenvalue weighted by Crippen LogP contribution is 2.31. The lowest BCUT2D eigenvalue weighted by Gasteiger charge is -2.35. The Kier molecular flexibility index (Phi) is 12.2. The molecule has 2 unspecified atom stereocenters. The van der Waals surface area contributed by atoms with Crippen LogP contribution in [0.15, 0.2) is 42.5 Å². The van der Waals surface area contributed by atoms with Crippen LogP contribution in [0.3, 0.4) is 0 Å². The van der Waals surface area contributed by atoms with Crippen molar-refractivity contribution in [3.05, 3.63) is 64.2 Å². The molecule has 0 aliphatic heterocycles. The van der Waals surface area contributed by atoms with Crippen molar-refractivity contribution in [1.29, 1.82) is 0 Å². The van der Waals surface area contributed by atoms with Gasteiger partial charge >= 0.3 is 6.09 Å². The molecular weight excluding hydrogens is 544 g/mol. The lowest BCUT2D eigenvalue weighted by atomic mass is 9.96. The number of carbonyl (C=O) groups excluding carboxylic acids is 4. The van der Waals surface area contributed by atoms with Gasteiger partial charge in [-0.15, -0.1) is 6.42 Å². The van der Waals surface area contributed by atoms with Crippen LogP contribution < -0.4 is 16.4 Å². The Morgan fingerprint density at radius 3 is 2.37 bits per heavy atom. The fourth-order valence-corrected chi connectivity index (χ4v) is 4.52. The van der Waals surface area contributed by atoms with Crippen LogP contribution in [0.4, 0.5) is 10.5 Å². The first-order valence-electron chi connectivity index (χ1n) is 13.5. The first kappa shape index (κ1) is 33.2. The maximum absolute atomic E-state index is 14.2. The molecule has 0 heterocycles. The van der Waals surface area contributed by atoms with Crippen LogP contribution in [0.25, 0.3) is 0 Å². The number of hydrogen-bond donors (Lipinski definition) is 3. The fourth-order valence-electron chi connectivity index (χ4n) is 4.25. The van der Waals surface area contributed by atoms with E-state index in [2.05, 4.69) is 16.6 Å². The molecule has 0 radical (unpaired) electrons. The molecule has 2 aromatic carbocycles. The number of para-hydroxylation sites is 1. The molecule has 9 nitrogen and oxygen atoms in total. The van der Waals surface area contributed by atoms with Crippen molar-refractivity contribution in [3.8, 4) is 12.3 Å². The summed E-state index contributed by atoms with van der Waals surface area (Å²) in [6.45, 7) is 8.94. The van der Waals surface area contributed by atoms with Gasteiger partial charge in [0.2, 0.25) is 11.8 Å². The summed E-state index contributed by atoms with van der Waals surface area (Å²) in [5.41, 5.74) is 6.52. The standard InChI is InChI=1S/C31H39ClN4O5/c1-7-9-12-18-36(29(39)24(19-25(33)37)34-30(40)41-31(4,5)6)27(22-16-11-10-15-21(22)8-2)28(38)35-26-20(3)14-13-17-23(26)32/h2,10-11,13-17,24,27H,7,9,12,18-19H2,1,3-6H3,(H2,33,37)(H,34,40)(H,35,38). The Hall–Kier alpha value is -4.03. The van der Waals surface area contributed by atoms with E-state index in [9.17, 15) is 19.2 Å². The van der Waals surface area contributed by atoms with E-state index in [1.54, 1.807) is 70.2 Å². The molecule has 4 N–H and O–H groups in total. The number of unbranched alkanes of at least 4 members (excludes halogenated alkanes) is 2. The van der Waals surface area contributed by atoms with Gasteiger partial charge in [-0.2, -0.15) is 0 Å². The van der Waals surface area contributed by atoms with Gasteiger partial charge in [0.05, 0.1) is 17.1 Å². The van der Waals surface area contributed by atoms with Crippen LogP contribution in [0.1, 0.15) is 76.1 Å². The van der Waals surface area contributed by atoms with Crippen LogP contribution >= 0.6 is 11.6 Å². The average molecular weight is 583 g/mol. The van der Waals surface area contributed by atoms with Crippen molar-refractivity contribution < 1.29 is 23.9 Å². The fraction of sp³-hybridized carbons (Fsp3) is 0.419. The van der Waals surface area contributed by atoms with E-state index in [1.807, 2.05) is 6.92 Å². The summed E-state index contributed by atoms with van der Waals surface area (Å²) in [5.74, 6) is 0.523. The zero-order valence-corrected chi connectivity index (χ0v) is 25.0. The molecule has 0 saturated carbocycles. The second-order valence-electron chi connectivity index (χ2n) is 10.7. The number of terminal acetylenes is 1. The van der Waals surface area contributed by atoms with Gasteiger partial charge in [-0.1, -0.05) is 67.6 Å². The number of halogens is 1. The van der Waals surface area contributed by atoms with E-state index in [4.69, 9.17) is 28.5 Å². The highest BCUT2D eigenvalue weighted by Gasteiger charge is 2.38. The molecular formula is C31H39ClN4O5. The second kappa shape index (κ2) is 15.1. The highest BCUT2D eigenvalue weighted by atomic mass is 35.5. The van der Waals surface area contributed by atoms with Crippen molar-refractivity contribution in [1.82, 2.24) is 10.2 Å². The van der Waals surface area contributed by atoms with Gasteiger partial charge < -0.3 is 26.0 Å². The quantitative estimate of drug-likeness (QED) is 0.237. The van der Waals surface area contributed by atoms with Crippen molar-refractivity contribution in [2.75, 3.05) is 11.9 Å². The minimum Gasteiger partial charge on any atom is -0.444 e. The van der Waals surface area contributed by atoms with Gasteiger partial charge in [0.25, 0.3) is 5.91 Å². The predicted molar refractivity (Wildman–Crippen MR) is 160 cm³/mol. The van der Waals surface area contributed by atoms with Gasteiger partial charge in [-0.3, -0.25) is 14.4 Å². The first-order chi connectivity index (χ1) is 19.3. The second-order valence-corrected chi connectivity index (χ2v) is 11.1. The summed E-state index contributed by atoms with van der Waals surface area (Å²) in [6.07, 6.45) is 6.55. The number of rotatable bonds is 12. The van der Waals surface area contributed by atoms with Crippen molar-refractivity contribution in [2.45, 2.75) is 78.0 Å². The summed E-state index contributed by atoms with van der Waals surface area (Å²) < 4.78 is 5.32. The first-order valence-corrected chi connectivity index (χ1v) is 13.9. The van der Waals surface area contributed by atoms with E-state index >= 15 is 0 Å². The number of ether oxygens (including phenoxy) is 1. The number of amides is 4. The molecule has 220 valence electrons. The smallest absolute Gasteiger partial charge is 0.408 e. The maximum Gasteiger partial charge on any atom is 0.408 e. The number of primary amides is 1. The number of nitrogens with zero attached hydrogens (tertiary/aromatic N) is 1. The number of benzene rings is 2. The van der Waals surface area contributed by atoms with Gasteiger partial charge in [0, 0.05) is 12.1 Å². The lowest BCUT2D eigenvalue weighted by molar-refractivity contribution is -0.142. The Bertz CT molecular complexity index is 1280. The van der Waals surface area contributed by atoms with Crippen LogP contribution in [-0.4, -0.2) is 46.9 Å². The average Bonchev–Trinajstić information content (AvgIpc) is 2.88. The van der Waals surface area contributed by atoms with Crippen molar-refractivity contribution in [3.63, 3.8) is 0 Å². The zero-order valence-electron chi connectivity index (χ0n) is 24.3. The SMILES string of the molecule is C#Cc1ccccc1C(C(=O)Nc1c(C)cccc1Cl)N(CCCCC)C(=O)C(CC(N)=O)NC(=O)OC(C)(C)C. The van der Waals surface area contributed by atoms with Gasteiger partial charge in [0.15, 0.2) is 0 Å². The number of alkyl carbamates (subject to hydrolysis) is 1. The lowest BCUT2D eigenvalue weighted by Crippen LogP contribution is -2.53. The number of nitrogens with two attached hydrogens (primary N) is 1. The molecule has 0 aliphatic carbocycles. The minimum atomic E-state index is -1.39. The number of aryl methyl sites for hydroxylation is 1. The molecule has 0 aromatic heterocycles. The van der Waals surface area contributed by atoms with Crippen LogP contribution in [0.5, 0.6) is 0 Å². The number of nitrogens with one attached hydrogen (secondary N) is 2. The molecule has 10 heteroatoms. The molecule has 2 rings (SSSR count). The Morgan fingerprint density at radius 1 is 1.10 bits per heavy atom. The third kappa shape index (κ3) is 9.83. The van der Waals surface area contributed by atoms with Crippen LogP contribution in [0.2, 0.25) is 5.02 Å². The molecule has 41 heavy (non-hydrogen) atoms. The summed E-state index contributed by atoms with van der Waals surface area (Å²) in [4.78, 5) is 54.2. The molecule has 4 amide bonds. The van der Waals surface area contributed by atoms with Gasteiger partial charge in [-0.25, -0.2) is 4.79 Å². The highest BCUT2D eigenvalue weighted by molar-refractivity contribution is 6.34. The Labute approximate surface area is 247 Å². The van der Waals surface area contributed by atoms with Crippen LogP contribution in [-0.2, 0) is 19.1 Å². The topological polar surface area (TPSA) is 131 Å². The third-order valence-corrected chi connectivity index (χ3v) is 6.44. The summed E-state index contributed by atoms with van der Waals surface area (Å²) in [5, 5.41) is 5.66. The van der Waals surface area contributed by atoms with E-state index < -0.39 is 47.9 Å². The molecule has 0 bridgehead atoms. The molecule has 0 saturated heterocycles. The molecule has 2 aromatic rings. The normalized spacial score (nSPS) is 12.4. The minimum absolute atomic E-state index is 0.135. The molecule has 0 aliphatic rings. The molecule has 0 spiro atoms. The van der Waals surface area contributed by atoms with E-state index in [-0.39, 0.29) is 6.54 Å².